The van der Waals surface area contributed by atoms with E-state index in [1.807, 2.05) is 41.1 Å². The van der Waals surface area contributed by atoms with E-state index in [1.54, 1.807) is 54.6 Å². The van der Waals surface area contributed by atoms with Gasteiger partial charge in [0.1, 0.15) is 0 Å². The predicted octanol–water partition coefficient (Wildman–Crippen LogP) is 6.54. The van der Waals surface area contributed by atoms with Gasteiger partial charge in [-0.25, -0.2) is 13.1 Å². The Morgan fingerprint density at radius 1 is 0.775 bits per heavy atom. The van der Waals surface area contributed by atoms with Crippen LogP contribution in [0, 0.1) is 0 Å². The third-order valence-corrected chi connectivity index (χ3v) is 9.61. The van der Waals surface area contributed by atoms with Crippen LogP contribution in [0.25, 0.3) is 10.6 Å². The van der Waals surface area contributed by atoms with Gasteiger partial charge >= 0.3 is 0 Å². The molecular weight excluding hydrogens is 562 g/mol. The molecule has 0 unspecified atom stereocenters. The Morgan fingerprint density at radius 3 is 2.02 bits per heavy atom. The molecule has 0 saturated heterocycles. The Labute approximate surface area is 242 Å². The largest absolute Gasteiger partial charge is 0.289 e. The van der Waals surface area contributed by atoms with E-state index >= 15 is 0 Å². The third-order valence-electron chi connectivity index (χ3n) is 6.43. The van der Waals surface area contributed by atoms with Gasteiger partial charge in [-0.1, -0.05) is 90.5 Å². The van der Waals surface area contributed by atoms with Gasteiger partial charge in [-0.2, -0.15) is 0 Å². The third kappa shape index (κ3) is 5.23. The molecule has 1 aliphatic heterocycles. The molecular formula is C30H24ClN5O2S2. The highest BCUT2D eigenvalue weighted by atomic mass is 35.5. The first-order valence-electron chi connectivity index (χ1n) is 12.6. The fourth-order valence-electron chi connectivity index (χ4n) is 4.46. The van der Waals surface area contributed by atoms with Gasteiger partial charge in [0.2, 0.25) is 5.16 Å². The molecule has 0 atom stereocenters. The van der Waals surface area contributed by atoms with Gasteiger partial charge in [0.25, 0.3) is 10.0 Å². The van der Waals surface area contributed by atoms with Crippen molar-refractivity contribution in [2.24, 2.45) is 0 Å². The van der Waals surface area contributed by atoms with Crippen molar-refractivity contribution < 1.29 is 8.42 Å². The molecule has 2 heterocycles. The van der Waals surface area contributed by atoms with E-state index in [2.05, 4.69) is 39.9 Å². The molecule has 1 aliphatic rings. The normalized spacial score (nSPS) is 13.0. The number of thioether (sulfide) groups is 1. The van der Waals surface area contributed by atoms with E-state index in [-0.39, 0.29) is 11.4 Å². The number of halogens is 1. The van der Waals surface area contributed by atoms with Crippen LogP contribution >= 0.6 is 23.4 Å². The maximum Gasteiger partial charge on any atom is 0.264 e. The van der Waals surface area contributed by atoms with E-state index in [0.717, 1.165) is 21.7 Å². The highest BCUT2D eigenvalue weighted by molar-refractivity contribution is 8.08. The Kier molecular flexibility index (Phi) is 7.34. The number of nitrogens with zero attached hydrogens (tertiary/aromatic N) is 4. The van der Waals surface area contributed by atoms with Gasteiger partial charge in [-0.15, -0.1) is 10.2 Å². The van der Waals surface area contributed by atoms with Gasteiger partial charge in [0, 0.05) is 28.5 Å². The van der Waals surface area contributed by atoms with Crippen LogP contribution < -0.4 is 9.73 Å². The molecule has 10 heteroatoms. The van der Waals surface area contributed by atoms with E-state index in [4.69, 9.17) is 11.6 Å². The SMILES string of the molecule is O=S(=O)(c1ccccc1)N(CCc1nnc2n1NC(c1ccccc1)=C(c1ccccc1)S2)c1ccc(Cl)cc1. The number of benzene rings is 4. The summed E-state index contributed by atoms with van der Waals surface area (Å²) in [5.41, 5.74) is 7.05. The lowest BCUT2D eigenvalue weighted by molar-refractivity contribution is 0.589. The molecule has 200 valence electrons. The van der Waals surface area contributed by atoms with Crippen LogP contribution in [0.4, 0.5) is 5.69 Å². The summed E-state index contributed by atoms with van der Waals surface area (Å²) in [6.07, 6.45) is 0.317. The van der Waals surface area contributed by atoms with Crippen LogP contribution in [0.3, 0.4) is 0 Å². The van der Waals surface area contributed by atoms with Gasteiger partial charge in [0.15, 0.2) is 5.82 Å². The summed E-state index contributed by atoms with van der Waals surface area (Å²) in [6, 6.07) is 35.4. The predicted molar refractivity (Wildman–Crippen MR) is 161 cm³/mol. The lowest BCUT2D eigenvalue weighted by Gasteiger charge is -2.26. The minimum absolute atomic E-state index is 0.152. The molecule has 7 nitrogen and oxygen atoms in total. The fraction of sp³-hybridized carbons (Fsp3) is 0.0667. The van der Waals surface area contributed by atoms with Crippen molar-refractivity contribution in [3.63, 3.8) is 0 Å². The molecule has 0 saturated carbocycles. The number of sulfonamides is 1. The summed E-state index contributed by atoms with van der Waals surface area (Å²) in [6.45, 7) is 0.152. The zero-order valence-corrected chi connectivity index (χ0v) is 23.6. The minimum Gasteiger partial charge on any atom is -0.289 e. The molecule has 0 fully saturated rings. The monoisotopic (exact) mass is 585 g/mol. The Hall–Kier alpha value is -4.05. The zero-order chi connectivity index (χ0) is 27.5. The van der Waals surface area contributed by atoms with Crippen molar-refractivity contribution in [3.05, 3.63) is 137 Å². The van der Waals surface area contributed by atoms with Crippen molar-refractivity contribution in [2.45, 2.75) is 16.5 Å². The number of aromatic nitrogens is 3. The molecule has 1 aromatic heterocycles. The maximum atomic E-state index is 13.7. The fourth-order valence-corrected chi connectivity index (χ4v) is 7.09. The molecule has 4 aromatic carbocycles. The average Bonchev–Trinajstić information content (AvgIpc) is 3.40. The topological polar surface area (TPSA) is 80.1 Å². The molecule has 0 amide bonds. The molecule has 5 aromatic rings. The van der Waals surface area contributed by atoms with E-state index in [0.29, 0.717) is 28.1 Å². The van der Waals surface area contributed by atoms with Crippen molar-refractivity contribution in [3.8, 4) is 0 Å². The second kappa shape index (κ2) is 11.2. The second-order valence-corrected chi connectivity index (χ2v) is 12.3. The van der Waals surface area contributed by atoms with Crippen LogP contribution in [0.15, 0.2) is 125 Å². The van der Waals surface area contributed by atoms with E-state index in [9.17, 15) is 8.42 Å². The zero-order valence-electron chi connectivity index (χ0n) is 21.2. The lowest BCUT2D eigenvalue weighted by atomic mass is 10.1. The summed E-state index contributed by atoms with van der Waals surface area (Å²) in [7, 11) is -3.84. The van der Waals surface area contributed by atoms with Crippen molar-refractivity contribution in [2.75, 3.05) is 16.3 Å². The number of hydrogen-bond donors (Lipinski definition) is 1. The molecule has 1 N–H and O–H groups in total. The second-order valence-electron chi connectivity index (χ2n) is 9.00. The molecule has 40 heavy (non-hydrogen) atoms. The van der Waals surface area contributed by atoms with Crippen LogP contribution in [-0.4, -0.2) is 29.8 Å². The molecule has 0 bridgehead atoms. The quantitative estimate of drug-likeness (QED) is 0.223. The van der Waals surface area contributed by atoms with Crippen molar-refractivity contribution in [1.82, 2.24) is 14.9 Å². The van der Waals surface area contributed by atoms with Gasteiger partial charge in [-0.3, -0.25) is 9.73 Å². The molecule has 0 aliphatic carbocycles. The number of hydrogen-bond acceptors (Lipinski definition) is 6. The number of anilines is 1. The molecule has 6 rings (SSSR count). The number of nitrogens with one attached hydrogen (secondary N) is 1. The Bertz CT molecular complexity index is 1760. The number of rotatable bonds is 8. The first kappa shape index (κ1) is 26.2. The molecule has 0 radical (unpaired) electrons. The summed E-state index contributed by atoms with van der Waals surface area (Å²) < 4.78 is 30.7. The van der Waals surface area contributed by atoms with Gasteiger partial charge in [-0.05, 0) is 53.7 Å². The lowest BCUT2D eigenvalue weighted by Crippen LogP contribution is -2.34. The highest BCUT2D eigenvalue weighted by Crippen LogP contribution is 2.42. The summed E-state index contributed by atoms with van der Waals surface area (Å²) >= 11 is 7.63. The van der Waals surface area contributed by atoms with Crippen molar-refractivity contribution in [1.29, 1.82) is 0 Å². The highest BCUT2D eigenvalue weighted by Gasteiger charge is 2.28. The van der Waals surface area contributed by atoms with E-state index < -0.39 is 10.0 Å². The average molecular weight is 586 g/mol. The summed E-state index contributed by atoms with van der Waals surface area (Å²) in [5.74, 6) is 0.616. The van der Waals surface area contributed by atoms with Crippen LogP contribution in [-0.2, 0) is 16.4 Å². The molecule has 0 spiro atoms. The van der Waals surface area contributed by atoms with E-state index in [1.165, 1.54) is 16.1 Å². The Balaban J connectivity index is 1.34. The Morgan fingerprint density at radius 2 is 1.38 bits per heavy atom. The van der Waals surface area contributed by atoms with Crippen LogP contribution in [0.2, 0.25) is 5.02 Å². The maximum absolute atomic E-state index is 13.7. The first-order valence-corrected chi connectivity index (χ1v) is 15.2. The standard InChI is InChI=1S/C30H24ClN5O2S2/c31-24-16-18-25(19-17-24)35(40(37,38)26-14-8-3-9-15-26)21-20-27-32-33-30-36(27)34-28(22-10-4-1-5-11-22)29(39-30)23-12-6-2-7-13-23/h1-19,34H,20-21H2. The van der Waals surface area contributed by atoms with Gasteiger partial charge in [0.05, 0.1) is 16.3 Å². The van der Waals surface area contributed by atoms with Crippen LogP contribution in [0.5, 0.6) is 0 Å². The van der Waals surface area contributed by atoms with Gasteiger partial charge < -0.3 is 0 Å². The summed E-state index contributed by atoms with van der Waals surface area (Å²) in [5, 5.41) is 10.1. The van der Waals surface area contributed by atoms with Crippen molar-refractivity contribution >= 4 is 49.7 Å². The summed E-state index contributed by atoms with van der Waals surface area (Å²) in [4.78, 5) is 1.25. The van der Waals surface area contributed by atoms with Crippen LogP contribution in [0.1, 0.15) is 17.0 Å². The smallest absolute Gasteiger partial charge is 0.264 e. The number of fused-ring (bicyclic) bond motifs is 1. The first-order chi connectivity index (χ1) is 19.5. The minimum atomic E-state index is -3.84.